The van der Waals surface area contributed by atoms with Gasteiger partial charge in [0.1, 0.15) is 22.4 Å². The standard InChI is InChI=1S/C74H74N2O8/c1-15-49-25-33-61-57(45-49)59-47-53(27-35-63(59)73(61,41-37-65(77)81-69(3,4)5)42-38-66(78)82-70(6,7)8)19-17-51-21-29-55(30-22-51)75-76-56-31-23-52(24-32-56)18-20-54-28-36-64-60(48-54)58-46-50(16-2)26-34-62(58)74(64,43-39-67(79)83-71(9,10)11)44-40-68(80)84-72(12,13)14/h1-2,21-36,45-48H,37-44H2,3-14H3. The Labute approximate surface area is 496 Å². The van der Waals surface area contributed by atoms with Gasteiger partial charge in [-0.15, -0.1) is 12.8 Å². The molecule has 0 bridgehead atoms. The summed E-state index contributed by atoms with van der Waals surface area (Å²) in [5.41, 5.74) is 9.77. The van der Waals surface area contributed by atoms with E-state index in [1.165, 1.54) is 0 Å². The fourth-order valence-electron chi connectivity index (χ4n) is 11.1. The number of fused-ring (bicyclic) bond motifs is 6. The third-order valence-corrected chi connectivity index (χ3v) is 14.5. The Morgan fingerprint density at radius 3 is 0.833 bits per heavy atom. The zero-order valence-corrected chi connectivity index (χ0v) is 50.5. The maximum Gasteiger partial charge on any atom is 0.306 e. The molecule has 10 nitrogen and oxygen atoms in total. The number of terminal acetylenes is 2. The van der Waals surface area contributed by atoms with Gasteiger partial charge in [-0.1, -0.05) is 59.8 Å². The quantitative estimate of drug-likeness (QED) is 0.0456. The lowest BCUT2D eigenvalue weighted by Gasteiger charge is -2.33. The molecule has 0 spiro atoms. The molecule has 6 aromatic carbocycles. The van der Waals surface area contributed by atoms with Crippen molar-refractivity contribution in [2.45, 2.75) is 168 Å². The number of azo groups is 1. The van der Waals surface area contributed by atoms with E-state index in [4.69, 9.17) is 31.8 Å². The van der Waals surface area contributed by atoms with Crippen LogP contribution in [0.5, 0.6) is 0 Å². The molecule has 0 N–H and O–H groups in total. The molecule has 0 saturated carbocycles. The van der Waals surface area contributed by atoms with Crippen molar-refractivity contribution in [3.8, 4) is 70.6 Å². The molecule has 0 fully saturated rings. The minimum atomic E-state index is -0.691. The molecule has 0 amide bonds. The summed E-state index contributed by atoms with van der Waals surface area (Å²) in [6.45, 7) is 22.2. The lowest BCUT2D eigenvalue weighted by molar-refractivity contribution is -0.157. The van der Waals surface area contributed by atoms with Crippen molar-refractivity contribution in [2.24, 2.45) is 10.2 Å². The van der Waals surface area contributed by atoms with Crippen LogP contribution < -0.4 is 0 Å². The average Bonchev–Trinajstić information content (AvgIpc) is 3.68. The summed E-state index contributed by atoms with van der Waals surface area (Å²) < 4.78 is 23.0. The summed E-state index contributed by atoms with van der Waals surface area (Å²) in [5, 5.41) is 8.98. The van der Waals surface area contributed by atoms with Crippen molar-refractivity contribution >= 4 is 35.3 Å². The maximum absolute atomic E-state index is 13.2. The summed E-state index contributed by atoms with van der Waals surface area (Å²) in [6, 6.07) is 39.2. The van der Waals surface area contributed by atoms with Gasteiger partial charge < -0.3 is 18.9 Å². The molecule has 0 heterocycles. The second kappa shape index (κ2) is 24.5. The van der Waals surface area contributed by atoms with E-state index in [9.17, 15) is 19.2 Å². The predicted octanol–water partition coefficient (Wildman–Crippen LogP) is 15.9. The van der Waals surface area contributed by atoms with E-state index >= 15 is 0 Å². The van der Waals surface area contributed by atoms with Gasteiger partial charge in [-0.2, -0.15) is 10.2 Å². The minimum absolute atomic E-state index is 0.151. The summed E-state index contributed by atoms with van der Waals surface area (Å²) in [4.78, 5) is 52.9. The van der Waals surface area contributed by atoms with Crippen LogP contribution in [0, 0.1) is 48.4 Å². The third-order valence-electron chi connectivity index (χ3n) is 14.5. The van der Waals surface area contributed by atoms with Crippen molar-refractivity contribution in [1.29, 1.82) is 0 Å². The number of hydrogen-bond donors (Lipinski definition) is 0. The number of ether oxygens (including phenoxy) is 4. The molecule has 2 aliphatic rings. The fraction of sp³-hybridized carbons (Fsp3) is 0.351. The SMILES string of the molecule is C#Cc1ccc2c(c1)-c1cc(C#Cc3ccc(N=Nc4ccc(C#Cc5ccc6c(c5)-c5cc(C#C)ccc5C6(CCC(=O)OC(C)(C)C)CCC(=O)OC(C)(C)C)cc4)cc3)ccc1C2(CCC(=O)OC(C)(C)C)CCC(=O)OC(C)(C)C. The highest BCUT2D eigenvalue weighted by molar-refractivity contribution is 5.86. The second-order valence-electron chi connectivity index (χ2n) is 25.6. The van der Waals surface area contributed by atoms with Gasteiger partial charge in [-0.25, -0.2) is 0 Å². The summed E-state index contributed by atoms with van der Waals surface area (Å²) in [6.07, 6.45) is 14.1. The first-order valence-electron chi connectivity index (χ1n) is 28.6. The highest BCUT2D eigenvalue weighted by Gasteiger charge is 2.46. The lowest BCUT2D eigenvalue weighted by Crippen LogP contribution is -2.31. The fourth-order valence-corrected chi connectivity index (χ4v) is 11.1. The van der Waals surface area contributed by atoms with Gasteiger partial charge in [0.15, 0.2) is 0 Å². The van der Waals surface area contributed by atoms with E-state index in [1.54, 1.807) is 0 Å². The van der Waals surface area contributed by atoms with Gasteiger partial charge in [0.25, 0.3) is 0 Å². The van der Waals surface area contributed by atoms with Crippen molar-refractivity contribution in [3.05, 3.63) is 177 Å². The van der Waals surface area contributed by atoms with Crippen LogP contribution in [0.1, 0.15) is 190 Å². The second-order valence-corrected chi connectivity index (χ2v) is 25.6. The topological polar surface area (TPSA) is 130 Å². The van der Waals surface area contributed by atoms with Crippen LogP contribution >= 0.6 is 0 Å². The first-order valence-corrected chi connectivity index (χ1v) is 28.6. The van der Waals surface area contributed by atoms with E-state index in [-0.39, 0.29) is 49.6 Å². The van der Waals surface area contributed by atoms with Crippen LogP contribution in [0.25, 0.3) is 22.3 Å². The van der Waals surface area contributed by atoms with E-state index in [0.29, 0.717) is 37.1 Å². The molecular weight excluding hydrogens is 1040 g/mol. The van der Waals surface area contributed by atoms with E-state index in [2.05, 4.69) is 70.0 Å². The molecular formula is C74H74N2O8. The molecule has 0 atom stereocenters. The monoisotopic (exact) mass is 1120 g/mol. The number of carbonyl (C=O) groups is 4. The predicted molar refractivity (Wildman–Crippen MR) is 331 cm³/mol. The van der Waals surface area contributed by atoms with Gasteiger partial charge >= 0.3 is 23.9 Å². The van der Waals surface area contributed by atoms with E-state index < -0.39 is 33.2 Å². The molecule has 2 aliphatic carbocycles. The average molecular weight is 1120 g/mol. The van der Waals surface area contributed by atoms with Gasteiger partial charge in [-0.3, -0.25) is 19.2 Å². The first kappa shape index (κ1) is 61.1. The Kier molecular flexibility index (Phi) is 17.8. The number of esters is 4. The molecule has 428 valence electrons. The van der Waals surface area contributed by atoms with Crippen LogP contribution in [-0.2, 0) is 49.0 Å². The van der Waals surface area contributed by atoms with Gasteiger partial charge in [0.05, 0.1) is 11.4 Å². The van der Waals surface area contributed by atoms with Crippen LogP contribution in [0.2, 0.25) is 0 Å². The number of benzene rings is 6. The van der Waals surface area contributed by atoms with Crippen LogP contribution in [0.3, 0.4) is 0 Å². The Balaban J connectivity index is 0.984. The molecule has 0 unspecified atom stereocenters. The van der Waals surface area contributed by atoms with Gasteiger partial charge in [0.2, 0.25) is 0 Å². The van der Waals surface area contributed by atoms with Crippen LogP contribution in [0.4, 0.5) is 11.4 Å². The normalized spacial score (nSPS) is 13.5. The lowest BCUT2D eigenvalue weighted by atomic mass is 9.71. The zero-order chi connectivity index (χ0) is 60.8. The van der Waals surface area contributed by atoms with E-state index in [1.807, 2.05) is 180 Å². The Bertz CT molecular complexity index is 3460. The smallest absolute Gasteiger partial charge is 0.306 e. The number of nitrogens with zero attached hydrogens (tertiary/aromatic N) is 2. The summed E-state index contributed by atoms with van der Waals surface area (Å²) >= 11 is 0. The van der Waals surface area contributed by atoms with Gasteiger partial charge in [-0.05, 0) is 250 Å². The highest BCUT2D eigenvalue weighted by Crippen LogP contribution is 2.56. The number of hydrogen-bond acceptors (Lipinski definition) is 10. The Morgan fingerprint density at radius 2 is 0.583 bits per heavy atom. The molecule has 10 heteroatoms. The molecule has 0 aliphatic heterocycles. The van der Waals surface area contributed by atoms with Crippen molar-refractivity contribution < 1.29 is 38.1 Å². The maximum atomic E-state index is 13.2. The van der Waals surface area contributed by atoms with Crippen molar-refractivity contribution in [3.63, 3.8) is 0 Å². The van der Waals surface area contributed by atoms with Crippen LogP contribution in [-0.4, -0.2) is 46.3 Å². The van der Waals surface area contributed by atoms with Crippen molar-refractivity contribution in [1.82, 2.24) is 0 Å². The number of carbonyl (C=O) groups excluding carboxylic acids is 4. The molecule has 84 heavy (non-hydrogen) atoms. The van der Waals surface area contributed by atoms with Crippen LogP contribution in [0.15, 0.2) is 132 Å². The van der Waals surface area contributed by atoms with E-state index in [0.717, 1.165) is 77.9 Å². The Morgan fingerprint density at radius 1 is 0.357 bits per heavy atom. The largest absolute Gasteiger partial charge is 0.460 e. The summed E-state index contributed by atoms with van der Waals surface area (Å²) in [7, 11) is 0. The summed E-state index contributed by atoms with van der Waals surface area (Å²) in [5.74, 6) is 17.6. The Hall–Kier alpha value is -8.96. The molecule has 6 aromatic rings. The molecule has 8 rings (SSSR count). The third kappa shape index (κ3) is 15.2. The molecule has 0 radical (unpaired) electrons. The highest BCUT2D eigenvalue weighted by atomic mass is 16.6. The molecule has 0 saturated heterocycles. The van der Waals surface area contributed by atoms with Crippen molar-refractivity contribution in [2.75, 3.05) is 0 Å². The zero-order valence-electron chi connectivity index (χ0n) is 50.5. The minimum Gasteiger partial charge on any atom is -0.460 e. The first-order chi connectivity index (χ1) is 39.5. The van der Waals surface area contributed by atoms with Gasteiger partial charge in [0, 0.05) is 69.9 Å². The molecule has 0 aromatic heterocycles. The number of rotatable bonds is 14.